The lowest BCUT2D eigenvalue weighted by atomic mass is 10.2. The lowest BCUT2D eigenvalue weighted by molar-refractivity contribution is 0.598. The Kier molecular flexibility index (Phi) is 3.82. The molecule has 0 aliphatic rings. The van der Waals surface area contributed by atoms with Crippen molar-refractivity contribution >= 4 is 15.7 Å². The van der Waals surface area contributed by atoms with Gasteiger partial charge in [0.25, 0.3) is 0 Å². The predicted octanol–water partition coefficient (Wildman–Crippen LogP) is 1.23. The van der Waals surface area contributed by atoms with Crippen LogP contribution in [-0.4, -0.2) is 18.2 Å². The molecule has 2 rings (SSSR count). The van der Waals surface area contributed by atoms with Crippen molar-refractivity contribution in [2.24, 2.45) is 5.14 Å². The zero-order valence-electron chi connectivity index (χ0n) is 11.5. The summed E-state index contributed by atoms with van der Waals surface area (Å²) in [5.74, 6) is 0. The lowest BCUT2D eigenvalue weighted by Crippen LogP contribution is -2.12. The van der Waals surface area contributed by atoms with Gasteiger partial charge in [-0.25, -0.2) is 18.2 Å². The van der Waals surface area contributed by atoms with Crippen LogP contribution in [0.1, 0.15) is 25.2 Å². The van der Waals surface area contributed by atoms with Crippen molar-refractivity contribution < 1.29 is 8.42 Å². The van der Waals surface area contributed by atoms with Gasteiger partial charge in [-0.05, 0) is 37.1 Å². The second kappa shape index (κ2) is 5.26. The molecule has 0 atom stereocenters. The van der Waals surface area contributed by atoms with Gasteiger partial charge in [-0.3, -0.25) is 0 Å². The van der Waals surface area contributed by atoms with E-state index in [4.69, 9.17) is 10.9 Å². The standard InChI is InChI=1S/C13H18N4O2S/c1-3-11-13(14)12(4-2)17(16-11)9-5-7-10(8-6-9)20(15,18)19/h5-8H,3-4,14H2,1-2H3,(H2,15,18,19). The van der Waals surface area contributed by atoms with Crippen LogP contribution < -0.4 is 10.9 Å². The van der Waals surface area contributed by atoms with E-state index in [1.807, 2.05) is 13.8 Å². The zero-order chi connectivity index (χ0) is 14.9. The van der Waals surface area contributed by atoms with Crippen molar-refractivity contribution in [3.8, 4) is 5.69 Å². The number of nitrogens with two attached hydrogens (primary N) is 2. The maximum atomic E-state index is 11.2. The fraction of sp³-hybridized carbons (Fsp3) is 0.308. The number of rotatable bonds is 4. The van der Waals surface area contributed by atoms with E-state index in [9.17, 15) is 8.42 Å². The van der Waals surface area contributed by atoms with Crippen LogP contribution in [0.4, 0.5) is 5.69 Å². The van der Waals surface area contributed by atoms with Crippen molar-refractivity contribution in [3.63, 3.8) is 0 Å². The van der Waals surface area contributed by atoms with Crippen LogP contribution in [0.2, 0.25) is 0 Å². The molecule has 1 aromatic carbocycles. The van der Waals surface area contributed by atoms with Crippen LogP contribution in [0.3, 0.4) is 0 Å². The Hall–Kier alpha value is -1.86. The molecule has 7 heteroatoms. The minimum Gasteiger partial charge on any atom is -0.396 e. The molecule has 20 heavy (non-hydrogen) atoms. The zero-order valence-corrected chi connectivity index (χ0v) is 12.3. The quantitative estimate of drug-likeness (QED) is 0.884. The van der Waals surface area contributed by atoms with E-state index in [1.165, 1.54) is 12.1 Å². The molecule has 0 unspecified atom stereocenters. The molecule has 6 nitrogen and oxygen atoms in total. The SMILES string of the molecule is CCc1nn(-c2ccc(S(N)(=O)=O)cc2)c(CC)c1N. The molecule has 0 spiro atoms. The van der Waals surface area contributed by atoms with E-state index in [2.05, 4.69) is 5.10 Å². The summed E-state index contributed by atoms with van der Waals surface area (Å²) < 4.78 is 24.2. The van der Waals surface area contributed by atoms with Gasteiger partial charge in [-0.15, -0.1) is 0 Å². The Labute approximate surface area is 118 Å². The van der Waals surface area contributed by atoms with Gasteiger partial charge in [0.1, 0.15) is 0 Å². The van der Waals surface area contributed by atoms with Crippen LogP contribution in [0.15, 0.2) is 29.2 Å². The third kappa shape index (κ3) is 2.54. The Balaban J connectivity index is 2.52. The van der Waals surface area contributed by atoms with Gasteiger partial charge in [-0.2, -0.15) is 5.10 Å². The van der Waals surface area contributed by atoms with Crippen LogP contribution in [0.5, 0.6) is 0 Å². The fourth-order valence-electron chi connectivity index (χ4n) is 2.11. The average molecular weight is 294 g/mol. The number of benzene rings is 1. The summed E-state index contributed by atoms with van der Waals surface area (Å²) in [6, 6.07) is 6.27. The number of sulfonamides is 1. The highest BCUT2D eigenvalue weighted by Gasteiger charge is 2.14. The van der Waals surface area contributed by atoms with E-state index >= 15 is 0 Å². The summed E-state index contributed by atoms with van der Waals surface area (Å²) in [5.41, 5.74) is 9.29. The van der Waals surface area contributed by atoms with Gasteiger partial charge in [-0.1, -0.05) is 13.8 Å². The number of aryl methyl sites for hydroxylation is 1. The van der Waals surface area contributed by atoms with Gasteiger partial charge in [0, 0.05) is 0 Å². The second-order valence-corrected chi connectivity index (χ2v) is 6.03. The number of aromatic nitrogens is 2. The Morgan fingerprint density at radius 1 is 1.15 bits per heavy atom. The molecule has 0 saturated heterocycles. The third-order valence-corrected chi connectivity index (χ3v) is 4.11. The lowest BCUT2D eigenvalue weighted by Gasteiger charge is -2.07. The van der Waals surface area contributed by atoms with E-state index < -0.39 is 10.0 Å². The molecule has 0 radical (unpaired) electrons. The van der Waals surface area contributed by atoms with Crippen LogP contribution in [0.25, 0.3) is 5.69 Å². The highest BCUT2D eigenvalue weighted by Crippen LogP contribution is 2.22. The van der Waals surface area contributed by atoms with Crippen molar-refractivity contribution in [2.45, 2.75) is 31.6 Å². The normalized spacial score (nSPS) is 11.8. The Morgan fingerprint density at radius 3 is 2.20 bits per heavy atom. The molecule has 0 aliphatic heterocycles. The van der Waals surface area contributed by atoms with Crippen LogP contribution in [-0.2, 0) is 22.9 Å². The van der Waals surface area contributed by atoms with Gasteiger partial charge in [0.15, 0.2) is 0 Å². The molecular formula is C13H18N4O2S. The maximum absolute atomic E-state index is 11.2. The molecule has 0 amide bonds. The maximum Gasteiger partial charge on any atom is 0.238 e. The smallest absolute Gasteiger partial charge is 0.238 e. The average Bonchev–Trinajstić information content (AvgIpc) is 2.74. The molecule has 108 valence electrons. The molecule has 0 saturated carbocycles. The molecule has 0 fully saturated rings. The largest absolute Gasteiger partial charge is 0.396 e. The van der Waals surface area contributed by atoms with Crippen molar-refractivity contribution in [1.29, 1.82) is 0 Å². The van der Waals surface area contributed by atoms with Crippen molar-refractivity contribution in [2.75, 3.05) is 5.73 Å². The minimum absolute atomic E-state index is 0.0788. The first-order valence-electron chi connectivity index (χ1n) is 6.38. The predicted molar refractivity (Wildman–Crippen MR) is 78.1 cm³/mol. The van der Waals surface area contributed by atoms with Crippen molar-refractivity contribution in [3.05, 3.63) is 35.7 Å². The van der Waals surface area contributed by atoms with Crippen LogP contribution in [0, 0.1) is 0 Å². The highest BCUT2D eigenvalue weighted by molar-refractivity contribution is 7.89. The summed E-state index contributed by atoms with van der Waals surface area (Å²) in [7, 11) is -3.68. The first kappa shape index (κ1) is 14.5. The number of nitrogens with zero attached hydrogens (tertiary/aromatic N) is 2. The topological polar surface area (TPSA) is 104 Å². The number of hydrogen-bond donors (Lipinski definition) is 2. The van der Waals surface area contributed by atoms with Crippen LogP contribution >= 0.6 is 0 Å². The second-order valence-electron chi connectivity index (χ2n) is 4.46. The number of nitrogen functional groups attached to an aromatic ring is 1. The monoisotopic (exact) mass is 294 g/mol. The van der Waals surface area contributed by atoms with E-state index in [1.54, 1.807) is 16.8 Å². The number of hydrogen-bond acceptors (Lipinski definition) is 4. The van der Waals surface area contributed by atoms with Gasteiger partial charge < -0.3 is 5.73 Å². The summed E-state index contributed by atoms with van der Waals surface area (Å²) in [4.78, 5) is 0.0788. The highest BCUT2D eigenvalue weighted by atomic mass is 32.2. The minimum atomic E-state index is -3.68. The first-order valence-corrected chi connectivity index (χ1v) is 7.92. The molecule has 0 aliphatic carbocycles. The van der Waals surface area contributed by atoms with Gasteiger partial charge in [0.2, 0.25) is 10.0 Å². The summed E-state index contributed by atoms with van der Waals surface area (Å²) in [6.07, 6.45) is 1.50. The van der Waals surface area contributed by atoms with E-state index in [0.717, 1.165) is 29.9 Å². The van der Waals surface area contributed by atoms with Crippen molar-refractivity contribution in [1.82, 2.24) is 9.78 Å². The van der Waals surface area contributed by atoms with E-state index in [-0.39, 0.29) is 4.90 Å². The molecule has 4 N–H and O–H groups in total. The Morgan fingerprint density at radius 2 is 1.75 bits per heavy atom. The van der Waals surface area contributed by atoms with Gasteiger partial charge >= 0.3 is 0 Å². The molecule has 1 heterocycles. The number of anilines is 1. The molecule has 0 bridgehead atoms. The fourth-order valence-corrected chi connectivity index (χ4v) is 2.62. The third-order valence-electron chi connectivity index (χ3n) is 3.18. The molecular weight excluding hydrogens is 276 g/mol. The first-order chi connectivity index (χ1) is 9.38. The van der Waals surface area contributed by atoms with E-state index in [0.29, 0.717) is 5.69 Å². The number of primary sulfonamides is 1. The Bertz CT molecular complexity index is 718. The molecule has 2 aromatic rings. The summed E-state index contributed by atoms with van der Waals surface area (Å²) in [5, 5.41) is 9.55. The van der Waals surface area contributed by atoms with Gasteiger partial charge in [0.05, 0.1) is 27.7 Å². The summed E-state index contributed by atoms with van der Waals surface area (Å²) in [6.45, 7) is 3.99. The summed E-state index contributed by atoms with van der Waals surface area (Å²) >= 11 is 0. The molecule has 1 aromatic heterocycles.